The van der Waals surface area contributed by atoms with Gasteiger partial charge in [0.25, 0.3) is 11.8 Å². The van der Waals surface area contributed by atoms with Crippen molar-refractivity contribution in [3.63, 3.8) is 0 Å². The normalized spacial score (nSPS) is 20.4. The first-order valence-electron chi connectivity index (χ1n) is 19.7. The van der Waals surface area contributed by atoms with Gasteiger partial charge in [-0.2, -0.15) is 0 Å². The molecule has 3 aromatic heterocycles. The van der Waals surface area contributed by atoms with E-state index in [2.05, 4.69) is 51.7 Å². The van der Waals surface area contributed by atoms with Crippen molar-refractivity contribution in [2.24, 2.45) is 7.05 Å². The minimum atomic E-state index is -0.904. The number of imide groups is 1. The number of nitrogens with zero attached hydrogens (tertiary/aromatic N) is 4. The number of piperidine rings is 1. The van der Waals surface area contributed by atoms with Gasteiger partial charge in [-0.05, 0) is 67.6 Å². The number of fused-ring (bicyclic) bond motifs is 4. The van der Waals surface area contributed by atoms with Gasteiger partial charge in [0, 0.05) is 98.5 Å². The predicted octanol–water partition coefficient (Wildman–Crippen LogP) is 5.36. The first kappa shape index (κ1) is 39.2. The molecule has 14 nitrogen and oxygen atoms in total. The summed E-state index contributed by atoms with van der Waals surface area (Å²) in [6, 6.07) is 16.2. The summed E-state index contributed by atoms with van der Waals surface area (Å²) in [5.74, 6) is -0.404. The number of hydrogen-bond acceptors (Lipinski definition) is 11. The van der Waals surface area contributed by atoms with Crippen LogP contribution >= 0.6 is 0 Å². The second-order valence-corrected chi connectivity index (χ2v) is 15.1. The van der Waals surface area contributed by atoms with E-state index in [9.17, 15) is 19.5 Å². The molecule has 1 unspecified atom stereocenters. The minimum absolute atomic E-state index is 0.118. The van der Waals surface area contributed by atoms with Crippen LogP contribution < -0.4 is 14.8 Å². The maximum absolute atomic E-state index is 13.0. The number of aryl methyl sites for hydroxylation is 1. The lowest BCUT2D eigenvalue weighted by Gasteiger charge is -2.42. The van der Waals surface area contributed by atoms with Crippen LogP contribution in [0.1, 0.15) is 59.2 Å². The van der Waals surface area contributed by atoms with Crippen LogP contribution in [0.25, 0.3) is 32.9 Å². The molecule has 1 aliphatic carbocycles. The summed E-state index contributed by atoms with van der Waals surface area (Å²) < 4.78 is 31.0. The van der Waals surface area contributed by atoms with Crippen molar-refractivity contribution >= 4 is 39.5 Å². The highest BCUT2D eigenvalue weighted by molar-refractivity contribution is 6.23. The van der Waals surface area contributed by atoms with E-state index in [1.165, 1.54) is 11.5 Å². The third kappa shape index (κ3) is 8.32. The van der Waals surface area contributed by atoms with Gasteiger partial charge in [-0.3, -0.25) is 24.3 Å². The van der Waals surface area contributed by atoms with E-state index in [1.54, 1.807) is 12.1 Å². The molecule has 3 amide bonds. The molecule has 0 spiro atoms. The van der Waals surface area contributed by atoms with Crippen molar-refractivity contribution in [2.75, 3.05) is 46.2 Å². The van der Waals surface area contributed by atoms with Gasteiger partial charge < -0.3 is 38.7 Å². The molecule has 1 saturated carbocycles. The fraction of sp³-hybridized carbons (Fsp3) is 0.386. The highest BCUT2D eigenvalue weighted by Crippen LogP contribution is 2.36. The molecule has 8 rings (SSSR count). The van der Waals surface area contributed by atoms with Gasteiger partial charge in [-0.15, -0.1) is 0 Å². The summed E-state index contributed by atoms with van der Waals surface area (Å²) >= 11 is 0. The molecule has 0 radical (unpaired) electrons. The Morgan fingerprint density at radius 3 is 2.36 bits per heavy atom. The zero-order valence-electron chi connectivity index (χ0n) is 32.5. The Balaban J connectivity index is 0.652. The van der Waals surface area contributed by atoms with E-state index < -0.39 is 29.4 Å². The minimum Gasteiger partial charge on any atom is -0.491 e. The maximum Gasteiger partial charge on any atom is 0.262 e. The highest BCUT2D eigenvalue weighted by Gasteiger charge is 2.45. The van der Waals surface area contributed by atoms with Crippen LogP contribution in [0.3, 0.4) is 0 Å². The molecule has 3 aliphatic rings. The number of carbonyl (C=O) groups excluding carboxylic acids is 3. The van der Waals surface area contributed by atoms with Crippen LogP contribution in [-0.2, 0) is 26.1 Å². The number of benzene rings is 2. The summed E-state index contributed by atoms with van der Waals surface area (Å²) in [7, 11) is 2.07. The number of nitrogens with one attached hydrogen (secondary N) is 1. The fourth-order valence-corrected chi connectivity index (χ4v) is 7.84. The van der Waals surface area contributed by atoms with E-state index in [0.29, 0.717) is 88.9 Å². The summed E-state index contributed by atoms with van der Waals surface area (Å²) in [5, 5.41) is 15.8. The Morgan fingerprint density at radius 2 is 1.59 bits per heavy atom. The molecule has 14 heteroatoms. The van der Waals surface area contributed by atoms with Crippen LogP contribution in [0.5, 0.6) is 11.6 Å². The number of ether oxygens (including phenoxy) is 5. The van der Waals surface area contributed by atoms with E-state index in [-0.39, 0.29) is 30.4 Å². The van der Waals surface area contributed by atoms with E-state index in [1.807, 2.05) is 36.8 Å². The molecule has 5 aromatic rings. The zero-order valence-corrected chi connectivity index (χ0v) is 32.5. The molecule has 2 aliphatic heterocycles. The largest absolute Gasteiger partial charge is 0.491 e. The average molecular weight is 790 g/mol. The highest BCUT2D eigenvalue weighted by atomic mass is 16.5. The average Bonchev–Trinajstić information content (AvgIpc) is 3.64. The second-order valence-electron chi connectivity index (χ2n) is 15.1. The Bertz CT molecular complexity index is 2340. The Kier molecular flexibility index (Phi) is 11.5. The quantitative estimate of drug-likeness (QED) is 0.0869. The van der Waals surface area contributed by atoms with Gasteiger partial charge in [-0.25, -0.2) is 4.98 Å². The number of allylic oxidation sites excluding steroid dienone is 1. The number of rotatable bonds is 18. The summed E-state index contributed by atoms with van der Waals surface area (Å²) in [6.45, 7) is 6.67. The fourth-order valence-electron chi connectivity index (χ4n) is 7.84. The molecular formula is C44H47N5O9. The number of amides is 3. The molecule has 1 saturated heterocycles. The van der Waals surface area contributed by atoms with Crippen LogP contribution in [0.4, 0.5) is 0 Å². The number of aliphatic hydroxyl groups is 1. The molecule has 0 bridgehead atoms. The maximum atomic E-state index is 13.0. The van der Waals surface area contributed by atoms with Gasteiger partial charge >= 0.3 is 0 Å². The summed E-state index contributed by atoms with van der Waals surface area (Å²) in [4.78, 5) is 48.2. The zero-order chi connectivity index (χ0) is 40.2. The lowest BCUT2D eigenvalue weighted by Crippen LogP contribution is -2.52. The van der Waals surface area contributed by atoms with Crippen LogP contribution in [0, 0.1) is 0 Å². The van der Waals surface area contributed by atoms with Crippen molar-refractivity contribution in [1.82, 2.24) is 24.8 Å². The van der Waals surface area contributed by atoms with Crippen LogP contribution in [0.15, 0.2) is 85.5 Å². The van der Waals surface area contributed by atoms with Crippen molar-refractivity contribution in [1.29, 1.82) is 0 Å². The third-order valence-corrected chi connectivity index (χ3v) is 10.9. The predicted molar refractivity (Wildman–Crippen MR) is 214 cm³/mol. The molecule has 5 heterocycles. The molecular weight excluding hydrogens is 743 g/mol. The van der Waals surface area contributed by atoms with Crippen molar-refractivity contribution in [3.8, 4) is 22.8 Å². The summed E-state index contributed by atoms with van der Waals surface area (Å²) in [5.41, 5.74) is 4.51. The van der Waals surface area contributed by atoms with Crippen molar-refractivity contribution in [2.45, 2.75) is 56.3 Å². The van der Waals surface area contributed by atoms with E-state index in [4.69, 9.17) is 23.7 Å². The topological polar surface area (TPSA) is 164 Å². The molecule has 2 N–H and O–H groups in total. The molecule has 2 fully saturated rings. The SMILES string of the molecule is C=C1CCC(N2C(=O)c3ccc(OCCOCCCOCCCOCC4(O)CC(Oc5ccc(-c6ccc7c8cnccc8n(C)c7c6)cn5)C4)cc3C2=O)C(=O)N1. The third-order valence-electron chi connectivity index (χ3n) is 10.9. The molecule has 58 heavy (non-hydrogen) atoms. The molecule has 2 aromatic carbocycles. The van der Waals surface area contributed by atoms with Gasteiger partial charge in [-0.1, -0.05) is 18.7 Å². The Morgan fingerprint density at radius 1 is 0.828 bits per heavy atom. The Labute approximate surface area is 335 Å². The first-order chi connectivity index (χ1) is 28.2. The number of aromatic nitrogens is 3. The van der Waals surface area contributed by atoms with E-state index in [0.717, 1.165) is 32.4 Å². The van der Waals surface area contributed by atoms with Crippen LogP contribution in [0.2, 0.25) is 0 Å². The number of hydrogen-bond donors (Lipinski definition) is 2. The van der Waals surface area contributed by atoms with Gasteiger partial charge in [0.15, 0.2) is 0 Å². The molecule has 1 atom stereocenters. The smallest absolute Gasteiger partial charge is 0.262 e. The standard InChI is InChI=1S/C44H47N5O9/c1-28-5-11-38(41(50)47-28)49-42(51)34-10-8-31(22-35(34)43(49)52)57-20-19-55-17-3-15-54-16-4-18-56-27-44(53)23-32(24-44)58-40-12-7-30(25-46-40)29-6-9-33-36-26-45-14-13-37(36)48(2)39(33)21-29/h6-10,12-14,21-22,25-26,32,38,53H,1,3-5,11,15-20,23-24,27H2,2H3,(H,47,50). The van der Waals surface area contributed by atoms with Gasteiger partial charge in [0.1, 0.15) is 24.5 Å². The van der Waals surface area contributed by atoms with Crippen LogP contribution in [-0.4, -0.2) is 106 Å². The molecule has 302 valence electrons. The van der Waals surface area contributed by atoms with E-state index >= 15 is 0 Å². The van der Waals surface area contributed by atoms with Gasteiger partial charge in [0.05, 0.1) is 35.5 Å². The lowest BCUT2D eigenvalue weighted by molar-refractivity contribution is -0.144. The number of pyridine rings is 2. The van der Waals surface area contributed by atoms with Crippen molar-refractivity contribution in [3.05, 3.63) is 96.6 Å². The number of carbonyl (C=O) groups is 3. The second kappa shape index (κ2) is 17.0. The lowest BCUT2D eigenvalue weighted by atomic mass is 9.78. The monoisotopic (exact) mass is 789 g/mol. The van der Waals surface area contributed by atoms with Crippen molar-refractivity contribution < 1.29 is 43.2 Å². The van der Waals surface area contributed by atoms with Gasteiger partial charge in [0.2, 0.25) is 11.8 Å². The Hall–Kier alpha value is -5.67. The first-order valence-corrected chi connectivity index (χ1v) is 19.7. The summed E-state index contributed by atoms with van der Waals surface area (Å²) in [6.07, 6.45) is 8.67.